The lowest BCUT2D eigenvalue weighted by Gasteiger charge is -2.23. The van der Waals surface area contributed by atoms with Crippen molar-refractivity contribution in [3.05, 3.63) is 83.4 Å². The summed E-state index contributed by atoms with van der Waals surface area (Å²) >= 11 is 0. The van der Waals surface area contributed by atoms with Gasteiger partial charge in [0.25, 0.3) is 5.91 Å². The van der Waals surface area contributed by atoms with Gasteiger partial charge in [-0.3, -0.25) is 4.79 Å². The fourth-order valence-electron chi connectivity index (χ4n) is 5.01. The number of amides is 1. The van der Waals surface area contributed by atoms with Gasteiger partial charge in [-0.25, -0.2) is 9.59 Å². The number of carboxylic acids is 2. The van der Waals surface area contributed by atoms with E-state index in [0.717, 1.165) is 57.8 Å². The third kappa shape index (κ3) is 12.6. The van der Waals surface area contributed by atoms with Crippen LogP contribution in [0.15, 0.2) is 66.7 Å². The smallest absolute Gasteiger partial charge is 0.336 e. The Labute approximate surface area is 254 Å². The molecule has 1 amide bonds. The molecule has 8 heteroatoms. The number of fused-ring (bicyclic) bond motifs is 1. The van der Waals surface area contributed by atoms with Crippen LogP contribution in [0.4, 0.5) is 0 Å². The van der Waals surface area contributed by atoms with Gasteiger partial charge in [0.05, 0.1) is 0 Å². The molecule has 3 aromatic rings. The molecule has 2 unspecified atom stereocenters. The number of nitrogens with one attached hydrogen (secondary N) is 1. The quantitative estimate of drug-likeness (QED) is 0.128. The first-order valence-electron chi connectivity index (χ1n) is 15.3. The largest absolute Gasteiger partial charge is 0.480 e. The third-order valence-electron chi connectivity index (χ3n) is 7.45. The van der Waals surface area contributed by atoms with Gasteiger partial charge in [-0.2, -0.15) is 0 Å². The van der Waals surface area contributed by atoms with Gasteiger partial charge >= 0.3 is 11.9 Å². The number of carboxylic acid groups (broad SMARTS) is 2. The van der Waals surface area contributed by atoms with Gasteiger partial charge in [-0.15, -0.1) is 0 Å². The number of carbonyl (C=O) groups excluding carboxylic acids is 1. The monoisotopic (exact) mass is 591 g/mol. The van der Waals surface area contributed by atoms with Crippen LogP contribution < -0.4 is 5.32 Å². The van der Waals surface area contributed by atoms with Crippen LogP contribution in [0.3, 0.4) is 0 Å². The number of hydrogen-bond donors (Lipinski definition) is 3. The highest BCUT2D eigenvalue weighted by Crippen LogP contribution is 2.18. The number of carbonyl (C=O) groups is 3. The number of aryl methyl sites for hydroxylation is 3. The lowest BCUT2D eigenvalue weighted by molar-refractivity contribution is -0.172. The van der Waals surface area contributed by atoms with E-state index in [0.29, 0.717) is 13.0 Å². The van der Waals surface area contributed by atoms with Crippen molar-refractivity contribution in [1.29, 1.82) is 0 Å². The molecule has 232 valence electrons. The SMILES string of the molecule is Cc1ccc(CCCCCCCNC(=O)C(OCCCCCc2ccc3ccccc3c2)C(OCC(=O)O)C(=O)O)cc1. The second kappa shape index (κ2) is 18.7. The first-order chi connectivity index (χ1) is 20.8. The van der Waals surface area contributed by atoms with Crippen molar-refractivity contribution >= 4 is 28.6 Å². The van der Waals surface area contributed by atoms with Gasteiger partial charge < -0.3 is 25.0 Å². The molecule has 0 aliphatic heterocycles. The topological polar surface area (TPSA) is 122 Å². The Morgan fingerprint density at radius 3 is 2.05 bits per heavy atom. The fraction of sp³-hybridized carbons (Fsp3) is 0.457. The van der Waals surface area contributed by atoms with E-state index in [4.69, 9.17) is 14.6 Å². The Morgan fingerprint density at radius 1 is 0.698 bits per heavy atom. The average Bonchev–Trinajstić information content (AvgIpc) is 2.99. The number of rotatable bonds is 21. The van der Waals surface area contributed by atoms with Crippen LogP contribution in [0.25, 0.3) is 10.8 Å². The maximum absolute atomic E-state index is 12.9. The van der Waals surface area contributed by atoms with Crippen molar-refractivity contribution in [3.8, 4) is 0 Å². The normalized spacial score (nSPS) is 12.6. The Kier molecular flexibility index (Phi) is 14.7. The van der Waals surface area contributed by atoms with Crippen molar-refractivity contribution in [3.63, 3.8) is 0 Å². The van der Waals surface area contributed by atoms with Gasteiger partial charge in [0.15, 0.2) is 12.2 Å². The van der Waals surface area contributed by atoms with Gasteiger partial charge in [0.2, 0.25) is 0 Å². The summed E-state index contributed by atoms with van der Waals surface area (Å²) < 4.78 is 10.8. The second-order valence-corrected chi connectivity index (χ2v) is 11.0. The van der Waals surface area contributed by atoms with Gasteiger partial charge in [0, 0.05) is 13.2 Å². The number of hydrogen-bond acceptors (Lipinski definition) is 5. The van der Waals surface area contributed by atoms with Crippen LogP contribution in [-0.4, -0.2) is 60.0 Å². The predicted molar refractivity (Wildman–Crippen MR) is 167 cm³/mol. The van der Waals surface area contributed by atoms with E-state index in [1.807, 2.05) is 12.1 Å². The maximum Gasteiger partial charge on any atom is 0.336 e. The Hall–Kier alpha value is -3.75. The highest BCUT2D eigenvalue weighted by atomic mass is 16.6. The van der Waals surface area contributed by atoms with Crippen molar-refractivity contribution in [2.45, 2.75) is 83.3 Å². The summed E-state index contributed by atoms with van der Waals surface area (Å²) in [5.41, 5.74) is 3.84. The summed E-state index contributed by atoms with van der Waals surface area (Å²) in [5.74, 6) is -3.36. The molecule has 0 heterocycles. The lowest BCUT2D eigenvalue weighted by atomic mass is 10.0. The van der Waals surface area contributed by atoms with Crippen LogP contribution >= 0.6 is 0 Å². The van der Waals surface area contributed by atoms with Gasteiger partial charge in [0.1, 0.15) is 6.61 Å². The number of aliphatic carboxylic acids is 2. The van der Waals surface area contributed by atoms with Crippen molar-refractivity contribution < 1.29 is 34.1 Å². The minimum atomic E-state index is -1.71. The molecule has 0 fully saturated rings. The van der Waals surface area contributed by atoms with Gasteiger partial charge in [-0.05, 0) is 67.3 Å². The molecule has 0 saturated carbocycles. The average molecular weight is 592 g/mol. The summed E-state index contributed by atoms with van der Waals surface area (Å²) in [6.45, 7) is 1.79. The molecule has 0 saturated heterocycles. The van der Waals surface area contributed by atoms with Crippen LogP contribution in [0.2, 0.25) is 0 Å². The summed E-state index contributed by atoms with van der Waals surface area (Å²) in [4.78, 5) is 35.8. The highest BCUT2D eigenvalue weighted by molar-refractivity contribution is 5.88. The molecule has 3 N–H and O–H groups in total. The molecule has 3 rings (SSSR count). The minimum absolute atomic E-state index is 0.164. The van der Waals surface area contributed by atoms with E-state index in [1.54, 1.807) is 0 Å². The fourth-order valence-corrected chi connectivity index (χ4v) is 5.01. The Balaban J connectivity index is 1.38. The molecule has 0 aromatic heterocycles. The van der Waals surface area contributed by atoms with Crippen LogP contribution in [0, 0.1) is 6.92 Å². The number of benzene rings is 3. The summed E-state index contributed by atoms with van der Waals surface area (Å²) in [7, 11) is 0. The third-order valence-corrected chi connectivity index (χ3v) is 7.45. The molecule has 0 aliphatic carbocycles. The molecule has 0 aliphatic rings. The summed E-state index contributed by atoms with van der Waals surface area (Å²) in [6, 6.07) is 23.2. The molecule has 2 atom stereocenters. The summed E-state index contributed by atoms with van der Waals surface area (Å²) in [6.07, 6.45) is 6.12. The molecule has 0 spiro atoms. The number of unbranched alkanes of at least 4 members (excludes halogenated alkanes) is 6. The Bertz CT molecular complexity index is 1290. The Morgan fingerprint density at radius 2 is 1.33 bits per heavy atom. The van der Waals surface area contributed by atoms with Crippen molar-refractivity contribution in [2.75, 3.05) is 19.8 Å². The highest BCUT2D eigenvalue weighted by Gasteiger charge is 2.36. The zero-order valence-electron chi connectivity index (χ0n) is 25.1. The standard InChI is InChI=1S/C35H45NO7/c1-26-16-18-27(19-17-26)12-6-3-2-4-10-22-36-34(39)32(33(35(40)41)43-25-31(37)38)42-23-11-5-7-13-28-20-21-29-14-8-9-15-30(29)24-28/h8-9,14-21,24,32-33H,2-7,10-13,22-23,25H2,1H3,(H,36,39)(H,37,38)(H,40,41). The first-order valence-corrected chi connectivity index (χ1v) is 15.3. The van der Waals surface area contributed by atoms with E-state index < -0.39 is 36.7 Å². The van der Waals surface area contributed by atoms with E-state index in [9.17, 15) is 19.5 Å². The predicted octanol–water partition coefficient (Wildman–Crippen LogP) is 6.11. The zero-order chi connectivity index (χ0) is 30.9. The molecular weight excluding hydrogens is 546 g/mol. The molecule has 8 nitrogen and oxygen atoms in total. The molecule has 43 heavy (non-hydrogen) atoms. The minimum Gasteiger partial charge on any atom is -0.480 e. The molecule has 3 aromatic carbocycles. The van der Waals surface area contributed by atoms with Gasteiger partial charge in [-0.1, -0.05) is 98.0 Å². The van der Waals surface area contributed by atoms with Crippen LogP contribution in [0.1, 0.15) is 68.1 Å². The maximum atomic E-state index is 12.9. The molecular formula is C35H45NO7. The van der Waals surface area contributed by atoms with E-state index in [2.05, 4.69) is 66.8 Å². The molecule has 0 bridgehead atoms. The molecule has 0 radical (unpaired) electrons. The lowest BCUT2D eigenvalue weighted by Crippen LogP contribution is -2.49. The van der Waals surface area contributed by atoms with E-state index >= 15 is 0 Å². The first kappa shape index (κ1) is 33.7. The van der Waals surface area contributed by atoms with Crippen LogP contribution in [-0.2, 0) is 36.7 Å². The van der Waals surface area contributed by atoms with E-state index in [1.165, 1.54) is 27.5 Å². The van der Waals surface area contributed by atoms with E-state index in [-0.39, 0.29) is 6.61 Å². The van der Waals surface area contributed by atoms with Crippen LogP contribution in [0.5, 0.6) is 0 Å². The van der Waals surface area contributed by atoms with Crippen molar-refractivity contribution in [1.82, 2.24) is 5.32 Å². The summed E-state index contributed by atoms with van der Waals surface area (Å²) in [5, 5.41) is 23.8. The number of ether oxygens (including phenoxy) is 2. The zero-order valence-corrected chi connectivity index (χ0v) is 25.1. The van der Waals surface area contributed by atoms with Crippen molar-refractivity contribution in [2.24, 2.45) is 0 Å². The second-order valence-electron chi connectivity index (χ2n) is 11.0.